The molecule has 10 nitrogen and oxygen atoms in total. The number of hydrazone groups is 1. The topological polar surface area (TPSA) is 143 Å². The summed E-state index contributed by atoms with van der Waals surface area (Å²) in [5, 5.41) is 25.1. The number of hydrogen-bond donors (Lipinski definition) is 3. The first kappa shape index (κ1) is 22.8. The number of para-hydroxylation sites is 1. The first-order chi connectivity index (χ1) is 15.2. The number of anilines is 2. The number of nitro benzene ring substituents is 1. The zero-order valence-corrected chi connectivity index (χ0v) is 18.1. The highest BCUT2D eigenvalue weighted by Gasteiger charge is 2.23. The zero-order chi connectivity index (χ0) is 23.3. The number of halogens is 1. The number of hydrogen-bond acceptors (Lipinski definition) is 8. The van der Waals surface area contributed by atoms with Gasteiger partial charge in [0.25, 0.3) is 15.7 Å². The van der Waals surface area contributed by atoms with E-state index >= 15 is 0 Å². The number of methoxy groups -OCH3 is 1. The van der Waals surface area contributed by atoms with E-state index in [4.69, 9.17) is 16.3 Å². The number of nitrogens with one attached hydrogen (secondary N) is 2. The van der Waals surface area contributed by atoms with E-state index < -0.39 is 25.5 Å². The van der Waals surface area contributed by atoms with Gasteiger partial charge >= 0.3 is 0 Å². The van der Waals surface area contributed by atoms with Crippen LogP contribution in [0.15, 0.2) is 70.7 Å². The first-order valence-electron chi connectivity index (χ1n) is 8.93. The summed E-state index contributed by atoms with van der Waals surface area (Å²) in [6.07, 6.45) is 1.33. The van der Waals surface area contributed by atoms with E-state index in [0.717, 1.165) is 12.1 Å². The normalized spacial score (nSPS) is 11.3. The van der Waals surface area contributed by atoms with Gasteiger partial charge < -0.3 is 9.84 Å². The summed E-state index contributed by atoms with van der Waals surface area (Å²) in [6, 6.07) is 14.0. The van der Waals surface area contributed by atoms with Gasteiger partial charge in [-0.3, -0.25) is 20.3 Å². The molecule has 0 spiro atoms. The molecule has 0 bridgehead atoms. The van der Waals surface area contributed by atoms with Crippen LogP contribution in [0.25, 0.3) is 0 Å². The lowest BCUT2D eigenvalue weighted by Crippen LogP contribution is -2.15. The predicted octanol–water partition coefficient (Wildman–Crippen LogP) is 4.21. The number of ether oxygens (including phenoxy) is 1. The molecule has 3 N–H and O–H groups in total. The quantitative estimate of drug-likeness (QED) is 0.251. The third kappa shape index (κ3) is 5.25. The monoisotopic (exact) mass is 476 g/mol. The maximum atomic E-state index is 13.0. The van der Waals surface area contributed by atoms with Crippen molar-refractivity contribution in [3.8, 4) is 11.5 Å². The van der Waals surface area contributed by atoms with Gasteiger partial charge in [-0.15, -0.1) is 0 Å². The first-order valence-corrected chi connectivity index (χ1v) is 10.8. The summed E-state index contributed by atoms with van der Waals surface area (Å²) in [5.41, 5.74) is 2.75. The van der Waals surface area contributed by atoms with E-state index in [1.54, 1.807) is 18.2 Å². The van der Waals surface area contributed by atoms with Gasteiger partial charge in [0.15, 0.2) is 11.5 Å². The molecule has 0 fully saturated rings. The number of phenolic OH excluding ortho intramolecular Hbond substituents is 1. The number of phenols is 1. The standard InChI is InChI=1S/C20H17ClN4O6S/c1-31-19-9-6-13(10-18(19)26)12-22-23-17-8-7-14(25(27)28)11-20(17)32(29,30)24-16-5-3-2-4-15(16)21/h2-12,23-24,26H,1H3/b22-12-. The minimum absolute atomic E-state index is 0.0101. The SMILES string of the molecule is COc1ccc(/C=N\Nc2ccc([N+](=O)[O-])cc2S(=O)(=O)Nc2ccccc2Cl)cc1O. The van der Waals surface area contributed by atoms with Crippen LogP contribution < -0.4 is 14.9 Å². The highest BCUT2D eigenvalue weighted by atomic mass is 35.5. The molecule has 3 rings (SSSR count). The second-order valence-corrected chi connectivity index (χ2v) is 8.38. The Morgan fingerprint density at radius 2 is 1.88 bits per heavy atom. The van der Waals surface area contributed by atoms with Crippen LogP contribution >= 0.6 is 11.6 Å². The summed E-state index contributed by atoms with van der Waals surface area (Å²) in [5.74, 6) is 0.184. The fourth-order valence-corrected chi connectivity index (χ4v) is 4.14. The number of aromatic hydroxyl groups is 1. The van der Waals surface area contributed by atoms with Gasteiger partial charge in [-0.2, -0.15) is 5.10 Å². The molecule has 0 heterocycles. The van der Waals surface area contributed by atoms with Gasteiger partial charge in [-0.05, 0) is 42.0 Å². The lowest BCUT2D eigenvalue weighted by molar-refractivity contribution is -0.385. The molecule has 3 aromatic rings. The van der Waals surface area contributed by atoms with E-state index in [0.29, 0.717) is 5.56 Å². The van der Waals surface area contributed by atoms with Crippen molar-refractivity contribution in [3.05, 3.63) is 81.4 Å². The summed E-state index contributed by atoms with van der Waals surface area (Å²) < 4.78 is 33.2. The van der Waals surface area contributed by atoms with Crippen molar-refractivity contribution in [2.45, 2.75) is 4.90 Å². The minimum atomic E-state index is -4.27. The predicted molar refractivity (Wildman–Crippen MR) is 121 cm³/mol. The lowest BCUT2D eigenvalue weighted by Gasteiger charge is -2.13. The van der Waals surface area contributed by atoms with Gasteiger partial charge in [0.2, 0.25) is 0 Å². The van der Waals surface area contributed by atoms with Gasteiger partial charge in [0.05, 0.1) is 34.6 Å². The number of benzene rings is 3. The van der Waals surface area contributed by atoms with Gasteiger partial charge in [-0.1, -0.05) is 23.7 Å². The summed E-state index contributed by atoms with van der Waals surface area (Å²) in [6.45, 7) is 0. The van der Waals surface area contributed by atoms with E-state index in [1.165, 1.54) is 43.7 Å². The molecule has 0 saturated heterocycles. The minimum Gasteiger partial charge on any atom is -0.504 e. The molecular formula is C20H17ClN4O6S. The van der Waals surface area contributed by atoms with Crippen LogP contribution in [0.4, 0.5) is 17.1 Å². The molecule has 0 amide bonds. The molecule has 0 aliphatic heterocycles. The Morgan fingerprint density at radius 1 is 1.12 bits per heavy atom. The van der Waals surface area contributed by atoms with Crippen LogP contribution in [0.3, 0.4) is 0 Å². The average Bonchev–Trinajstić information content (AvgIpc) is 2.75. The van der Waals surface area contributed by atoms with Crippen LogP contribution in [0, 0.1) is 10.1 Å². The van der Waals surface area contributed by atoms with E-state index in [-0.39, 0.29) is 27.9 Å². The summed E-state index contributed by atoms with van der Waals surface area (Å²) in [4.78, 5) is 10.1. The smallest absolute Gasteiger partial charge is 0.270 e. The Kier molecular flexibility index (Phi) is 6.81. The van der Waals surface area contributed by atoms with Crippen molar-refractivity contribution in [1.29, 1.82) is 0 Å². The molecule has 3 aromatic carbocycles. The van der Waals surface area contributed by atoms with Crippen LogP contribution in [-0.4, -0.2) is 31.8 Å². The second-order valence-electron chi connectivity index (χ2n) is 6.32. The lowest BCUT2D eigenvalue weighted by atomic mass is 10.2. The Bertz CT molecular complexity index is 1300. The van der Waals surface area contributed by atoms with Crippen LogP contribution in [0.2, 0.25) is 5.02 Å². The van der Waals surface area contributed by atoms with Crippen LogP contribution in [0.5, 0.6) is 11.5 Å². The molecule has 0 aliphatic rings. The van der Waals surface area contributed by atoms with Crippen molar-refractivity contribution in [1.82, 2.24) is 0 Å². The fraction of sp³-hybridized carbons (Fsp3) is 0.0500. The van der Waals surface area contributed by atoms with E-state index in [1.807, 2.05) is 0 Å². The van der Waals surface area contributed by atoms with Gasteiger partial charge in [0, 0.05) is 12.1 Å². The number of nitrogens with zero attached hydrogens (tertiary/aromatic N) is 2. The van der Waals surface area contributed by atoms with Gasteiger partial charge in [-0.25, -0.2) is 8.42 Å². The highest BCUT2D eigenvalue weighted by molar-refractivity contribution is 7.93. The molecule has 0 aromatic heterocycles. The van der Waals surface area contributed by atoms with Crippen molar-refractivity contribution in [2.75, 3.05) is 17.3 Å². The third-order valence-corrected chi connectivity index (χ3v) is 5.92. The van der Waals surface area contributed by atoms with Crippen LogP contribution in [-0.2, 0) is 10.0 Å². The average molecular weight is 477 g/mol. The third-order valence-electron chi connectivity index (χ3n) is 4.19. The van der Waals surface area contributed by atoms with Crippen molar-refractivity contribution < 1.29 is 23.2 Å². The van der Waals surface area contributed by atoms with Gasteiger partial charge in [0.1, 0.15) is 4.90 Å². The molecule has 0 atom stereocenters. The van der Waals surface area contributed by atoms with Crippen LogP contribution in [0.1, 0.15) is 5.56 Å². The van der Waals surface area contributed by atoms with Crippen molar-refractivity contribution in [2.24, 2.45) is 5.10 Å². The second kappa shape index (κ2) is 9.54. The molecule has 12 heteroatoms. The molecular weight excluding hydrogens is 460 g/mol. The van der Waals surface area contributed by atoms with Crippen molar-refractivity contribution >= 4 is 44.9 Å². The van der Waals surface area contributed by atoms with Crippen molar-refractivity contribution in [3.63, 3.8) is 0 Å². The highest BCUT2D eigenvalue weighted by Crippen LogP contribution is 2.30. The number of non-ortho nitro benzene ring substituents is 1. The van der Waals surface area contributed by atoms with E-state index in [9.17, 15) is 23.6 Å². The molecule has 0 radical (unpaired) electrons. The largest absolute Gasteiger partial charge is 0.504 e. The summed E-state index contributed by atoms with van der Waals surface area (Å²) >= 11 is 6.02. The Labute approximate surface area is 188 Å². The Balaban J connectivity index is 1.93. The number of nitro groups is 1. The maximum absolute atomic E-state index is 13.0. The van der Waals surface area contributed by atoms with E-state index in [2.05, 4.69) is 15.2 Å². The molecule has 166 valence electrons. The fourth-order valence-electron chi connectivity index (χ4n) is 2.65. The number of sulfonamides is 1. The summed E-state index contributed by atoms with van der Waals surface area (Å²) in [7, 11) is -2.85. The molecule has 0 unspecified atom stereocenters. The molecule has 0 saturated carbocycles. The molecule has 32 heavy (non-hydrogen) atoms. The number of rotatable bonds is 8. The Morgan fingerprint density at radius 3 is 2.53 bits per heavy atom. The molecule has 0 aliphatic carbocycles. The maximum Gasteiger partial charge on any atom is 0.270 e. The zero-order valence-electron chi connectivity index (χ0n) is 16.5. The Hall–Kier alpha value is -3.83.